The molecule has 80 valence electrons. The van der Waals surface area contributed by atoms with E-state index in [0.717, 1.165) is 5.56 Å². The van der Waals surface area contributed by atoms with Crippen LogP contribution < -0.4 is 5.32 Å². The van der Waals surface area contributed by atoms with Crippen LogP contribution in [-0.4, -0.2) is 16.9 Å². The van der Waals surface area contributed by atoms with Crippen LogP contribution in [0.3, 0.4) is 0 Å². The Bertz CT molecular complexity index is 370. The van der Waals surface area contributed by atoms with Gasteiger partial charge >= 0.3 is 0 Å². The number of phenolic OH excluding ortho intramolecular Hbond substituents is 1. The van der Waals surface area contributed by atoms with Gasteiger partial charge in [-0.3, -0.25) is 14.9 Å². The minimum absolute atomic E-state index is 0.151. The average Bonchev–Trinajstić information content (AvgIpc) is 2.17. The van der Waals surface area contributed by atoms with E-state index in [1.165, 1.54) is 19.1 Å². The summed E-state index contributed by atoms with van der Waals surface area (Å²) >= 11 is 0. The van der Waals surface area contributed by atoms with Crippen LogP contribution >= 0.6 is 0 Å². The maximum Gasteiger partial charge on any atom is 0.233 e. The smallest absolute Gasteiger partial charge is 0.233 e. The van der Waals surface area contributed by atoms with Gasteiger partial charge in [0.1, 0.15) is 5.75 Å². The molecule has 2 N–H and O–H groups in total. The quantitative estimate of drug-likeness (QED) is 0.764. The second-order valence-electron chi connectivity index (χ2n) is 3.36. The number of phenols is 1. The van der Waals surface area contributed by atoms with E-state index in [0.29, 0.717) is 0 Å². The average molecular weight is 207 g/mol. The first-order valence-corrected chi connectivity index (χ1v) is 4.61. The normalized spacial score (nSPS) is 11.9. The van der Waals surface area contributed by atoms with E-state index < -0.39 is 5.92 Å². The van der Waals surface area contributed by atoms with Crippen LogP contribution in [0.25, 0.3) is 0 Å². The highest BCUT2D eigenvalue weighted by atomic mass is 16.3. The molecule has 0 aliphatic heterocycles. The summed E-state index contributed by atoms with van der Waals surface area (Å²) in [5, 5.41) is 11.3. The zero-order valence-electron chi connectivity index (χ0n) is 8.65. The van der Waals surface area contributed by atoms with Gasteiger partial charge in [0.15, 0.2) is 0 Å². The summed E-state index contributed by atoms with van der Waals surface area (Å²) in [6.07, 6.45) is 0. The zero-order valence-corrected chi connectivity index (χ0v) is 8.65. The minimum Gasteiger partial charge on any atom is -0.508 e. The Morgan fingerprint density at radius 3 is 2.27 bits per heavy atom. The fraction of sp³-hybridized carbons (Fsp3) is 0.273. The molecule has 0 heterocycles. The van der Waals surface area contributed by atoms with E-state index >= 15 is 0 Å². The second-order valence-corrected chi connectivity index (χ2v) is 3.36. The van der Waals surface area contributed by atoms with Gasteiger partial charge in [-0.15, -0.1) is 0 Å². The lowest BCUT2D eigenvalue weighted by atomic mass is 10.0. The van der Waals surface area contributed by atoms with Crippen LogP contribution in [0.1, 0.15) is 25.3 Å². The summed E-state index contributed by atoms with van der Waals surface area (Å²) in [5.41, 5.74) is 0.756. The van der Waals surface area contributed by atoms with E-state index in [1.807, 2.05) is 0 Å². The minimum atomic E-state index is -0.408. The molecule has 4 heteroatoms. The number of carbonyl (C=O) groups is 2. The summed E-state index contributed by atoms with van der Waals surface area (Å²) in [6.45, 7) is 2.99. The van der Waals surface area contributed by atoms with Crippen molar-refractivity contribution in [2.75, 3.05) is 0 Å². The summed E-state index contributed by atoms with van der Waals surface area (Å²) in [7, 11) is 0. The molecule has 0 aromatic heterocycles. The Hall–Kier alpha value is -1.84. The number of rotatable bonds is 2. The SMILES string of the molecule is CC(=O)NC(=O)C(C)c1ccc(O)cc1. The number of amides is 2. The molecule has 1 unspecified atom stereocenters. The van der Waals surface area contributed by atoms with Crippen molar-refractivity contribution in [3.8, 4) is 5.75 Å². The lowest BCUT2D eigenvalue weighted by molar-refractivity contribution is -0.129. The van der Waals surface area contributed by atoms with Gasteiger partial charge in [0.25, 0.3) is 0 Å². The van der Waals surface area contributed by atoms with Crippen molar-refractivity contribution in [3.63, 3.8) is 0 Å². The highest BCUT2D eigenvalue weighted by molar-refractivity contribution is 5.97. The third-order valence-corrected chi connectivity index (χ3v) is 2.09. The third-order valence-electron chi connectivity index (χ3n) is 2.09. The Labute approximate surface area is 87.9 Å². The molecule has 0 fully saturated rings. The Morgan fingerprint density at radius 1 is 1.27 bits per heavy atom. The predicted molar refractivity (Wildman–Crippen MR) is 55.3 cm³/mol. The van der Waals surface area contributed by atoms with Crippen LogP contribution in [0.15, 0.2) is 24.3 Å². The number of imide groups is 1. The van der Waals surface area contributed by atoms with Crippen molar-refractivity contribution >= 4 is 11.8 Å². The molecule has 0 aliphatic carbocycles. The van der Waals surface area contributed by atoms with Crippen LogP contribution in [-0.2, 0) is 9.59 Å². The van der Waals surface area contributed by atoms with Crippen LogP contribution in [0.4, 0.5) is 0 Å². The molecule has 0 aliphatic rings. The number of nitrogens with one attached hydrogen (secondary N) is 1. The van der Waals surface area contributed by atoms with Crippen molar-refractivity contribution in [2.45, 2.75) is 19.8 Å². The molecule has 1 aromatic carbocycles. The first-order chi connectivity index (χ1) is 7.00. The van der Waals surface area contributed by atoms with Crippen molar-refractivity contribution in [2.24, 2.45) is 0 Å². The van der Waals surface area contributed by atoms with E-state index in [9.17, 15) is 9.59 Å². The molecule has 1 atom stereocenters. The molecule has 1 rings (SSSR count). The highest BCUT2D eigenvalue weighted by Crippen LogP contribution is 2.18. The summed E-state index contributed by atoms with van der Waals surface area (Å²) < 4.78 is 0. The molecule has 0 spiro atoms. The molecule has 0 radical (unpaired) electrons. The molecule has 2 amide bonds. The maximum absolute atomic E-state index is 11.4. The Balaban J connectivity index is 2.76. The molecule has 15 heavy (non-hydrogen) atoms. The van der Waals surface area contributed by atoms with Crippen LogP contribution in [0.5, 0.6) is 5.75 Å². The summed E-state index contributed by atoms with van der Waals surface area (Å²) in [4.78, 5) is 22.1. The van der Waals surface area contributed by atoms with E-state index in [4.69, 9.17) is 5.11 Å². The van der Waals surface area contributed by atoms with Crippen LogP contribution in [0, 0.1) is 0 Å². The largest absolute Gasteiger partial charge is 0.508 e. The topological polar surface area (TPSA) is 66.4 Å². The Morgan fingerprint density at radius 2 is 1.80 bits per heavy atom. The van der Waals surface area contributed by atoms with Gasteiger partial charge in [-0.25, -0.2) is 0 Å². The zero-order chi connectivity index (χ0) is 11.4. The molecule has 0 bridgehead atoms. The number of benzene rings is 1. The number of aromatic hydroxyl groups is 1. The monoisotopic (exact) mass is 207 g/mol. The third kappa shape index (κ3) is 3.09. The van der Waals surface area contributed by atoms with Gasteiger partial charge in [-0.2, -0.15) is 0 Å². The second kappa shape index (κ2) is 4.59. The molecule has 4 nitrogen and oxygen atoms in total. The van der Waals surface area contributed by atoms with Gasteiger partial charge in [0.05, 0.1) is 5.92 Å². The van der Waals surface area contributed by atoms with E-state index in [1.54, 1.807) is 19.1 Å². The van der Waals surface area contributed by atoms with Crippen molar-refractivity contribution in [3.05, 3.63) is 29.8 Å². The highest BCUT2D eigenvalue weighted by Gasteiger charge is 2.15. The van der Waals surface area contributed by atoms with Crippen molar-refractivity contribution in [1.82, 2.24) is 5.32 Å². The molecule has 1 aromatic rings. The first-order valence-electron chi connectivity index (χ1n) is 4.61. The van der Waals surface area contributed by atoms with Gasteiger partial charge in [-0.05, 0) is 24.6 Å². The number of hydrogen-bond donors (Lipinski definition) is 2. The summed E-state index contributed by atoms with van der Waals surface area (Å²) in [5.74, 6) is -0.966. The Kier molecular flexibility index (Phi) is 3.44. The van der Waals surface area contributed by atoms with Crippen molar-refractivity contribution in [1.29, 1.82) is 0 Å². The van der Waals surface area contributed by atoms with Gasteiger partial charge < -0.3 is 5.11 Å². The number of carbonyl (C=O) groups excluding carboxylic acids is 2. The maximum atomic E-state index is 11.4. The van der Waals surface area contributed by atoms with E-state index in [2.05, 4.69) is 5.32 Å². The predicted octanol–water partition coefficient (Wildman–Crippen LogP) is 1.16. The standard InChI is InChI=1S/C11H13NO3/c1-7(11(15)12-8(2)13)9-3-5-10(14)6-4-9/h3-7,14H,1-2H3,(H,12,13,15). The summed E-state index contributed by atoms with van der Waals surface area (Å²) in [6, 6.07) is 6.32. The lowest BCUT2D eigenvalue weighted by Crippen LogP contribution is -2.31. The number of hydrogen-bond acceptors (Lipinski definition) is 3. The molecule has 0 saturated heterocycles. The van der Waals surface area contributed by atoms with E-state index in [-0.39, 0.29) is 17.6 Å². The van der Waals surface area contributed by atoms with Gasteiger partial charge in [-0.1, -0.05) is 12.1 Å². The van der Waals surface area contributed by atoms with Gasteiger partial charge in [0, 0.05) is 6.92 Å². The van der Waals surface area contributed by atoms with Crippen LogP contribution in [0.2, 0.25) is 0 Å². The fourth-order valence-electron chi connectivity index (χ4n) is 1.20. The molecule has 0 saturated carbocycles. The molecular formula is C11H13NO3. The van der Waals surface area contributed by atoms with Gasteiger partial charge in [0.2, 0.25) is 11.8 Å². The lowest BCUT2D eigenvalue weighted by Gasteiger charge is -2.10. The first kappa shape index (κ1) is 11.2. The fourth-order valence-corrected chi connectivity index (χ4v) is 1.20. The molecular weight excluding hydrogens is 194 g/mol. The van der Waals surface area contributed by atoms with Crippen molar-refractivity contribution < 1.29 is 14.7 Å².